The van der Waals surface area contributed by atoms with Gasteiger partial charge in [-0.25, -0.2) is 0 Å². The maximum absolute atomic E-state index is 7.03. The van der Waals surface area contributed by atoms with Crippen LogP contribution >= 0.6 is 0 Å². The summed E-state index contributed by atoms with van der Waals surface area (Å²) in [4.78, 5) is 4.11. The van der Waals surface area contributed by atoms with Crippen molar-refractivity contribution in [1.82, 2.24) is 4.98 Å². The number of oxazole rings is 1. The molecule has 16 heavy (non-hydrogen) atoms. The van der Waals surface area contributed by atoms with Gasteiger partial charge < -0.3 is 15.9 Å². The fraction of sp³-hybridized carbons (Fsp3) is 0. The SMILES string of the molecule is N=C(N)Nc1nc(-c2cccc(N)c2)co1. The van der Waals surface area contributed by atoms with Crippen molar-refractivity contribution in [3.63, 3.8) is 0 Å². The van der Waals surface area contributed by atoms with Crippen LogP contribution in [0.15, 0.2) is 34.9 Å². The first-order valence-corrected chi connectivity index (χ1v) is 4.57. The average molecular weight is 217 g/mol. The van der Waals surface area contributed by atoms with Gasteiger partial charge in [0.1, 0.15) is 12.0 Å². The Morgan fingerprint density at radius 1 is 1.44 bits per heavy atom. The summed E-state index contributed by atoms with van der Waals surface area (Å²) in [7, 11) is 0. The van der Waals surface area contributed by atoms with Gasteiger partial charge in [0.15, 0.2) is 5.96 Å². The van der Waals surface area contributed by atoms with E-state index in [4.69, 9.17) is 21.3 Å². The highest BCUT2D eigenvalue weighted by Gasteiger charge is 2.06. The van der Waals surface area contributed by atoms with E-state index in [2.05, 4.69) is 10.3 Å². The normalized spacial score (nSPS) is 10.0. The fourth-order valence-corrected chi connectivity index (χ4v) is 1.28. The zero-order valence-corrected chi connectivity index (χ0v) is 8.40. The van der Waals surface area contributed by atoms with Gasteiger partial charge in [0.05, 0.1) is 0 Å². The Morgan fingerprint density at radius 3 is 2.94 bits per heavy atom. The molecule has 2 aromatic rings. The third-order valence-corrected chi connectivity index (χ3v) is 1.93. The van der Waals surface area contributed by atoms with E-state index in [0.29, 0.717) is 11.4 Å². The summed E-state index contributed by atoms with van der Waals surface area (Å²) in [6.07, 6.45) is 1.47. The molecule has 0 atom stereocenters. The van der Waals surface area contributed by atoms with Crippen molar-refractivity contribution < 1.29 is 4.42 Å². The van der Waals surface area contributed by atoms with Gasteiger partial charge in [-0.2, -0.15) is 4.98 Å². The van der Waals surface area contributed by atoms with Crippen LogP contribution in [0.3, 0.4) is 0 Å². The number of rotatable bonds is 2. The molecule has 0 spiro atoms. The van der Waals surface area contributed by atoms with Crippen LogP contribution in [0.2, 0.25) is 0 Å². The van der Waals surface area contributed by atoms with Gasteiger partial charge in [-0.05, 0) is 12.1 Å². The van der Waals surface area contributed by atoms with Crippen molar-refractivity contribution in [2.24, 2.45) is 5.73 Å². The highest BCUT2D eigenvalue weighted by Crippen LogP contribution is 2.22. The molecule has 0 aliphatic rings. The lowest BCUT2D eigenvalue weighted by Gasteiger charge is -1.97. The van der Waals surface area contributed by atoms with Crippen molar-refractivity contribution in [3.05, 3.63) is 30.5 Å². The minimum Gasteiger partial charge on any atom is -0.431 e. The Kier molecular flexibility index (Phi) is 2.47. The first-order chi connectivity index (χ1) is 7.65. The maximum atomic E-state index is 7.03. The van der Waals surface area contributed by atoms with E-state index in [1.807, 2.05) is 12.1 Å². The lowest BCUT2D eigenvalue weighted by molar-refractivity contribution is 0.579. The number of hydrogen-bond donors (Lipinski definition) is 4. The molecule has 0 aliphatic carbocycles. The summed E-state index contributed by atoms with van der Waals surface area (Å²) in [5.41, 5.74) is 12.9. The number of nitrogens with two attached hydrogens (primary N) is 2. The van der Waals surface area contributed by atoms with Crippen LogP contribution < -0.4 is 16.8 Å². The number of nitrogens with zero attached hydrogens (tertiary/aromatic N) is 1. The highest BCUT2D eigenvalue weighted by atomic mass is 16.4. The molecular weight excluding hydrogens is 206 g/mol. The molecule has 0 amide bonds. The van der Waals surface area contributed by atoms with E-state index in [9.17, 15) is 0 Å². The largest absolute Gasteiger partial charge is 0.431 e. The lowest BCUT2D eigenvalue weighted by Crippen LogP contribution is -2.20. The molecule has 0 fully saturated rings. The molecule has 0 saturated heterocycles. The lowest BCUT2D eigenvalue weighted by atomic mass is 10.1. The van der Waals surface area contributed by atoms with Crippen LogP contribution in [0.1, 0.15) is 0 Å². The summed E-state index contributed by atoms with van der Waals surface area (Å²) in [5, 5.41) is 9.49. The number of guanidine groups is 1. The summed E-state index contributed by atoms with van der Waals surface area (Å²) in [5.74, 6) is -0.221. The van der Waals surface area contributed by atoms with Gasteiger partial charge in [0.25, 0.3) is 0 Å². The number of hydrogen-bond acceptors (Lipinski definition) is 4. The van der Waals surface area contributed by atoms with Crippen molar-refractivity contribution >= 4 is 17.7 Å². The van der Waals surface area contributed by atoms with Gasteiger partial charge in [0, 0.05) is 11.3 Å². The van der Waals surface area contributed by atoms with E-state index >= 15 is 0 Å². The second kappa shape index (κ2) is 3.93. The monoisotopic (exact) mass is 217 g/mol. The molecule has 6 nitrogen and oxygen atoms in total. The Morgan fingerprint density at radius 2 is 2.25 bits per heavy atom. The Balaban J connectivity index is 2.28. The quantitative estimate of drug-likeness (QED) is 0.343. The van der Waals surface area contributed by atoms with E-state index in [0.717, 1.165) is 5.56 Å². The molecule has 1 heterocycles. The second-order valence-electron chi connectivity index (χ2n) is 3.20. The number of anilines is 2. The molecule has 6 heteroatoms. The van der Waals surface area contributed by atoms with Crippen LogP contribution in [-0.4, -0.2) is 10.9 Å². The molecule has 0 radical (unpaired) electrons. The smallest absolute Gasteiger partial charge is 0.301 e. The minimum atomic E-state index is -0.221. The molecule has 6 N–H and O–H groups in total. The predicted molar refractivity (Wildman–Crippen MR) is 61.9 cm³/mol. The standard InChI is InChI=1S/C10H11N5O/c11-7-3-1-2-6(4-7)8-5-16-10(14-8)15-9(12)13/h1-5H,11H2,(H4,12,13,14,15). The molecule has 1 aromatic carbocycles. The van der Waals surface area contributed by atoms with Crippen molar-refractivity contribution in [2.75, 3.05) is 11.1 Å². The van der Waals surface area contributed by atoms with Crippen LogP contribution in [0.5, 0.6) is 0 Å². The second-order valence-corrected chi connectivity index (χ2v) is 3.20. The maximum Gasteiger partial charge on any atom is 0.301 e. The molecule has 1 aromatic heterocycles. The minimum absolute atomic E-state index is 0.185. The summed E-state index contributed by atoms with van der Waals surface area (Å²) in [6, 6.07) is 7.46. The first kappa shape index (κ1) is 10.0. The Hall–Kier alpha value is -2.50. The zero-order valence-electron chi connectivity index (χ0n) is 8.40. The van der Waals surface area contributed by atoms with E-state index < -0.39 is 0 Å². The molecule has 0 bridgehead atoms. The summed E-state index contributed by atoms with van der Waals surface area (Å²) < 4.78 is 5.09. The third kappa shape index (κ3) is 2.11. The van der Waals surface area contributed by atoms with Crippen molar-refractivity contribution in [1.29, 1.82) is 5.41 Å². The van der Waals surface area contributed by atoms with Gasteiger partial charge in [-0.1, -0.05) is 12.1 Å². The molecule has 2 rings (SSSR count). The van der Waals surface area contributed by atoms with E-state index in [-0.39, 0.29) is 12.0 Å². The molecule has 0 aliphatic heterocycles. The number of benzene rings is 1. The van der Waals surface area contributed by atoms with Gasteiger partial charge in [-0.3, -0.25) is 10.7 Å². The van der Waals surface area contributed by atoms with Crippen molar-refractivity contribution in [2.45, 2.75) is 0 Å². The summed E-state index contributed by atoms with van der Waals surface area (Å²) >= 11 is 0. The van der Waals surface area contributed by atoms with Gasteiger partial charge in [0.2, 0.25) is 0 Å². The van der Waals surface area contributed by atoms with Crippen LogP contribution in [0, 0.1) is 5.41 Å². The predicted octanol–water partition coefficient (Wildman–Crippen LogP) is 1.23. The average Bonchev–Trinajstić information content (AvgIpc) is 2.65. The first-order valence-electron chi connectivity index (χ1n) is 4.57. The molecule has 0 saturated carbocycles. The van der Waals surface area contributed by atoms with Crippen LogP contribution in [0.4, 0.5) is 11.7 Å². The Labute approximate surface area is 91.8 Å². The number of aromatic nitrogens is 1. The molecule has 82 valence electrons. The summed E-state index contributed by atoms with van der Waals surface area (Å²) in [6.45, 7) is 0. The van der Waals surface area contributed by atoms with Gasteiger partial charge in [-0.15, -0.1) is 0 Å². The van der Waals surface area contributed by atoms with E-state index in [1.54, 1.807) is 12.1 Å². The number of nitrogens with one attached hydrogen (secondary N) is 2. The molecular formula is C10H11N5O. The Bertz CT molecular complexity index is 519. The van der Waals surface area contributed by atoms with Crippen LogP contribution in [0.25, 0.3) is 11.3 Å². The zero-order chi connectivity index (χ0) is 11.5. The van der Waals surface area contributed by atoms with Crippen LogP contribution in [-0.2, 0) is 0 Å². The molecule has 0 unspecified atom stereocenters. The third-order valence-electron chi connectivity index (χ3n) is 1.93. The topological polar surface area (TPSA) is 114 Å². The fourth-order valence-electron chi connectivity index (χ4n) is 1.28. The number of nitrogen functional groups attached to an aromatic ring is 1. The highest BCUT2D eigenvalue weighted by molar-refractivity contribution is 5.87. The van der Waals surface area contributed by atoms with Gasteiger partial charge >= 0.3 is 6.01 Å². The van der Waals surface area contributed by atoms with Crippen molar-refractivity contribution in [3.8, 4) is 11.3 Å². The van der Waals surface area contributed by atoms with E-state index in [1.165, 1.54) is 6.26 Å².